The highest BCUT2D eigenvalue weighted by atomic mass is 19.1. The molecule has 0 bridgehead atoms. The molecule has 2 heterocycles. The number of carbonyl (C=O) groups excluding carboxylic acids is 1. The Kier molecular flexibility index (Phi) is 6.65. The molecule has 0 saturated carbocycles. The first kappa shape index (κ1) is 26.5. The monoisotopic (exact) mass is 553 g/mol. The van der Waals surface area contributed by atoms with Crippen molar-refractivity contribution in [2.75, 3.05) is 24.7 Å². The van der Waals surface area contributed by atoms with Crippen molar-refractivity contribution in [3.05, 3.63) is 113 Å². The molecule has 1 N–H and O–H groups in total. The standard InChI is InChI=1S/C31H28F5N3O/c32-20-1-5-24(6-2-20)39-19-37-29(40)31(39)13-15-38(16-14-31)23-9-11-30(12-10-23,25-7-3-21(33)17-27(25)35)26-8-4-22(34)18-28(26)36/h1-9,11,17-18,23H,10,12-16,19H2,(H,37,40). The maximum atomic E-state index is 15.1. The minimum atomic E-state index is -1.23. The van der Waals surface area contributed by atoms with Crippen LogP contribution in [0.25, 0.3) is 0 Å². The molecule has 2 fully saturated rings. The van der Waals surface area contributed by atoms with Crippen molar-refractivity contribution in [2.24, 2.45) is 0 Å². The second kappa shape index (κ2) is 10.0. The summed E-state index contributed by atoms with van der Waals surface area (Å²) in [5.74, 6) is -3.44. The second-order valence-corrected chi connectivity index (χ2v) is 10.8. The molecular weight excluding hydrogens is 525 g/mol. The molecule has 9 heteroatoms. The third kappa shape index (κ3) is 4.36. The molecule has 1 unspecified atom stereocenters. The Balaban J connectivity index is 1.26. The zero-order chi connectivity index (χ0) is 28.1. The van der Waals surface area contributed by atoms with E-state index in [4.69, 9.17) is 0 Å². The Morgan fingerprint density at radius 1 is 0.750 bits per heavy atom. The van der Waals surface area contributed by atoms with Crippen molar-refractivity contribution >= 4 is 11.6 Å². The minimum Gasteiger partial charge on any atom is -0.339 e. The van der Waals surface area contributed by atoms with Crippen molar-refractivity contribution in [3.8, 4) is 0 Å². The van der Waals surface area contributed by atoms with E-state index in [9.17, 15) is 18.0 Å². The molecule has 0 aromatic heterocycles. The summed E-state index contributed by atoms with van der Waals surface area (Å²) >= 11 is 0. The van der Waals surface area contributed by atoms with E-state index >= 15 is 8.78 Å². The minimum absolute atomic E-state index is 0.0405. The average molecular weight is 554 g/mol. The van der Waals surface area contributed by atoms with Crippen LogP contribution in [0.15, 0.2) is 72.8 Å². The number of piperidine rings is 1. The number of likely N-dealkylation sites (tertiary alicyclic amines) is 1. The SMILES string of the molecule is O=C1NCN(c2ccc(F)cc2)C12CCN(C1C=CC(c3ccc(F)cc3F)(c3ccc(F)cc3F)CC1)CC2. The van der Waals surface area contributed by atoms with E-state index in [0.29, 0.717) is 45.4 Å². The highest BCUT2D eigenvalue weighted by Crippen LogP contribution is 2.45. The molecule has 2 aliphatic heterocycles. The van der Waals surface area contributed by atoms with E-state index in [-0.39, 0.29) is 28.9 Å². The van der Waals surface area contributed by atoms with Crippen LogP contribution in [0.5, 0.6) is 0 Å². The molecule has 4 nitrogen and oxygen atoms in total. The number of carbonyl (C=O) groups is 1. The quantitative estimate of drug-likeness (QED) is 0.327. The normalized spacial score (nSPS) is 22.1. The van der Waals surface area contributed by atoms with Crippen molar-refractivity contribution in [1.29, 1.82) is 0 Å². The third-order valence-corrected chi connectivity index (χ3v) is 8.83. The van der Waals surface area contributed by atoms with E-state index in [0.717, 1.165) is 30.0 Å². The topological polar surface area (TPSA) is 35.6 Å². The van der Waals surface area contributed by atoms with Crippen LogP contribution >= 0.6 is 0 Å². The number of allylic oxidation sites excluding steroid dienone is 1. The Morgan fingerprint density at radius 2 is 1.32 bits per heavy atom. The predicted molar refractivity (Wildman–Crippen MR) is 141 cm³/mol. The highest BCUT2D eigenvalue weighted by Gasteiger charge is 2.51. The van der Waals surface area contributed by atoms with Crippen LogP contribution in [-0.2, 0) is 10.2 Å². The Bertz CT molecular complexity index is 1410. The summed E-state index contributed by atoms with van der Waals surface area (Å²) in [5.41, 5.74) is -0.926. The Hall–Kier alpha value is -3.72. The number of rotatable bonds is 4. The summed E-state index contributed by atoms with van der Waals surface area (Å²) in [6.45, 7) is 1.58. The van der Waals surface area contributed by atoms with Gasteiger partial charge in [-0.25, -0.2) is 22.0 Å². The Labute approximate surface area is 229 Å². The molecule has 208 valence electrons. The molecule has 2 saturated heterocycles. The van der Waals surface area contributed by atoms with Gasteiger partial charge >= 0.3 is 0 Å². The maximum absolute atomic E-state index is 15.1. The van der Waals surface area contributed by atoms with Gasteiger partial charge < -0.3 is 10.2 Å². The lowest BCUT2D eigenvalue weighted by Gasteiger charge is -2.47. The maximum Gasteiger partial charge on any atom is 0.247 e. The zero-order valence-electron chi connectivity index (χ0n) is 21.6. The van der Waals surface area contributed by atoms with Crippen LogP contribution in [0.1, 0.15) is 36.8 Å². The number of nitrogens with one attached hydrogen (secondary N) is 1. The fourth-order valence-corrected chi connectivity index (χ4v) is 6.70. The van der Waals surface area contributed by atoms with E-state index < -0.39 is 34.2 Å². The molecule has 1 spiro atoms. The van der Waals surface area contributed by atoms with Crippen LogP contribution < -0.4 is 10.2 Å². The predicted octanol–water partition coefficient (Wildman–Crippen LogP) is 5.82. The van der Waals surface area contributed by atoms with E-state index in [1.165, 1.54) is 24.3 Å². The average Bonchev–Trinajstić information content (AvgIpc) is 3.24. The largest absolute Gasteiger partial charge is 0.339 e. The van der Waals surface area contributed by atoms with Gasteiger partial charge in [0.25, 0.3) is 0 Å². The van der Waals surface area contributed by atoms with Gasteiger partial charge in [-0.2, -0.15) is 0 Å². The molecule has 3 aromatic carbocycles. The molecule has 6 rings (SSSR count). The molecule has 3 aromatic rings. The van der Waals surface area contributed by atoms with Gasteiger partial charge in [-0.05, 0) is 62.1 Å². The van der Waals surface area contributed by atoms with Crippen LogP contribution in [0.4, 0.5) is 27.6 Å². The van der Waals surface area contributed by atoms with Crippen molar-refractivity contribution < 1.29 is 26.7 Å². The number of hydrogen-bond donors (Lipinski definition) is 1. The number of benzene rings is 3. The van der Waals surface area contributed by atoms with E-state index in [2.05, 4.69) is 10.2 Å². The number of nitrogens with zero attached hydrogens (tertiary/aromatic N) is 2. The van der Waals surface area contributed by atoms with E-state index in [1.807, 2.05) is 11.0 Å². The number of halogens is 5. The third-order valence-electron chi connectivity index (χ3n) is 8.83. The fourth-order valence-electron chi connectivity index (χ4n) is 6.70. The summed E-state index contributed by atoms with van der Waals surface area (Å²) in [5, 5.41) is 2.94. The highest BCUT2D eigenvalue weighted by molar-refractivity contribution is 5.93. The van der Waals surface area contributed by atoms with Crippen LogP contribution in [0.3, 0.4) is 0 Å². The van der Waals surface area contributed by atoms with Crippen LogP contribution in [0, 0.1) is 29.1 Å². The van der Waals surface area contributed by atoms with Crippen molar-refractivity contribution in [3.63, 3.8) is 0 Å². The lowest BCUT2D eigenvalue weighted by molar-refractivity contribution is -0.125. The summed E-state index contributed by atoms with van der Waals surface area (Å²) in [6, 6.07) is 12.6. The zero-order valence-corrected chi connectivity index (χ0v) is 21.6. The van der Waals surface area contributed by atoms with Crippen molar-refractivity contribution in [1.82, 2.24) is 10.2 Å². The van der Waals surface area contributed by atoms with Crippen molar-refractivity contribution in [2.45, 2.75) is 42.7 Å². The molecule has 1 amide bonds. The van der Waals surface area contributed by atoms with Gasteiger partial charge in [-0.3, -0.25) is 9.69 Å². The van der Waals surface area contributed by atoms with Gasteiger partial charge in [-0.15, -0.1) is 0 Å². The van der Waals surface area contributed by atoms with Crippen LogP contribution in [-0.4, -0.2) is 42.1 Å². The summed E-state index contributed by atoms with van der Waals surface area (Å²) < 4.78 is 71.2. The first-order valence-electron chi connectivity index (χ1n) is 13.4. The summed E-state index contributed by atoms with van der Waals surface area (Å²) in [4.78, 5) is 17.3. The Morgan fingerprint density at radius 3 is 1.85 bits per heavy atom. The molecule has 40 heavy (non-hydrogen) atoms. The first-order valence-corrected chi connectivity index (χ1v) is 13.4. The second-order valence-electron chi connectivity index (χ2n) is 10.8. The van der Waals surface area contributed by atoms with Gasteiger partial charge in [0.05, 0.1) is 6.67 Å². The van der Waals surface area contributed by atoms with Gasteiger partial charge in [-0.1, -0.05) is 24.3 Å². The molecule has 3 aliphatic rings. The number of amides is 1. The molecule has 1 atom stereocenters. The van der Waals surface area contributed by atoms with Gasteiger partial charge in [0, 0.05) is 53.5 Å². The summed E-state index contributed by atoms with van der Waals surface area (Å²) in [6.07, 6.45) is 5.66. The summed E-state index contributed by atoms with van der Waals surface area (Å²) in [7, 11) is 0. The van der Waals surface area contributed by atoms with Crippen LogP contribution in [0.2, 0.25) is 0 Å². The molecular formula is C31H28F5N3O. The fraction of sp³-hybridized carbons (Fsp3) is 0.323. The van der Waals surface area contributed by atoms with Gasteiger partial charge in [0.15, 0.2) is 0 Å². The lowest BCUT2D eigenvalue weighted by Crippen LogP contribution is -2.58. The lowest BCUT2D eigenvalue weighted by atomic mass is 9.67. The molecule has 0 radical (unpaired) electrons. The van der Waals surface area contributed by atoms with Gasteiger partial charge in [0.1, 0.15) is 34.6 Å². The van der Waals surface area contributed by atoms with Gasteiger partial charge in [0.2, 0.25) is 5.91 Å². The van der Waals surface area contributed by atoms with E-state index in [1.54, 1.807) is 18.2 Å². The smallest absolute Gasteiger partial charge is 0.247 e. The number of anilines is 1. The first-order chi connectivity index (χ1) is 19.2. The molecule has 1 aliphatic carbocycles. The number of hydrogen-bond acceptors (Lipinski definition) is 3.